The maximum atomic E-state index is 12.6. The zero-order valence-electron chi connectivity index (χ0n) is 12.4. The molecule has 4 bridgehead atoms. The molecule has 4 saturated carbocycles. The number of nitrogens with one attached hydrogen (secondary N) is 1. The van der Waals surface area contributed by atoms with Crippen molar-refractivity contribution in [3.8, 4) is 0 Å². The molecule has 4 aliphatic rings. The fourth-order valence-corrected chi connectivity index (χ4v) is 5.50. The van der Waals surface area contributed by atoms with E-state index in [1.165, 1.54) is 43.2 Å². The van der Waals surface area contributed by atoms with Gasteiger partial charge in [0.2, 0.25) is 5.95 Å². The standard InChI is InChI=1S/C15H24N4O/c1-3-16-13-17-18(2)14(20)19(13)15-7-10-4-11(8-15)6-12(5-10)9-15/h10-12H,3-9H2,1-2H3,(H,16,17). The quantitative estimate of drug-likeness (QED) is 0.918. The average Bonchev–Trinajstić information content (AvgIpc) is 2.64. The molecule has 0 atom stereocenters. The number of anilines is 1. The average molecular weight is 276 g/mol. The van der Waals surface area contributed by atoms with Gasteiger partial charge in [-0.1, -0.05) is 0 Å². The third kappa shape index (κ3) is 1.61. The molecule has 4 aliphatic carbocycles. The van der Waals surface area contributed by atoms with Crippen LogP contribution in [0.3, 0.4) is 0 Å². The molecule has 1 N–H and O–H groups in total. The second kappa shape index (κ2) is 4.12. The highest BCUT2D eigenvalue weighted by molar-refractivity contribution is 5.27. The van der Waals surface area contributed by atoms with E-state index in [1.807, 2.05) is 4.57 Å². The Labute approximate surface area is 119 Å². The summed E-state index contributed by atoms with van der Waals surface area (Å²) in [4.78, 5) is 12.6. The smallest absolute Gasteiger partial charge is 0.347 e. The zero-order chi connectivity index (χ0) is 13.9. The molecule has 20 heavy (non-hydrogen) atoms. The molecule has 1 aromatic heterocycles. The van der Waals surface area contributed by atoms with Crippen LogP contribution < -0.4 is 11.0 Å². The van der Waals surface area contributed by atoms with Gasteiger partial charge in [-0.15, -0.1) is 5.10 Å². The first-order valence-electron chi connectivity index (χ1n) is 8.01. The summed E-state index contributed by atoms with van der Waals surface area (Å²) in [5.74, 6) is 3.29. The van der Waals surface area contributed by atoms with Gasteiger partial charge < -0.3 is 5.32 Å². The van der Waals surface area contributed by atoms with Gasteiger partial charge in [-0.2, -0.15) is 0 Å². The number of nitrogens with zero attached hydrogens (tertiary/aromatic N) is 3. The minimum Gasteiger partial charge on any atom is -0.355 e. The third-order valence-electron chi connectivity index (χ3n) is 5.74. The number of hydrogen-bond donors (Lipinski definition) is 1. The van der Waals surface area contributed by atoms with Crippen LogP contribution in [0, 0.1) is 17.8 Å². The van der Waals surface area contributed by atoms with Crippen molar-refractivity contribution in [1.82, 2.24) is 14.3 Å². The van der Waals surface area contributed by atoms with Crippen LogP contribution in [0.25, 0.3) is 0 Å². The molecule has 0 unspecified atom stereocenters. The third-order valence-corrected chi connectivity index (χ3v) is 5.74. The van der Waals surface area contributed by atoms with Gasteiger partial charge in [0.25, 0.3) is 0 Å². The van der Waals surface area contributed by atoms with E-state index in [1.54, 1.807) is 7.05 Å². The summed E-state index contributed by atoms with van der Waals surface area (Å²) >= 11 is 0. The second-order valence-electron chi connectivity index (χ2n) is 7.24. The summed E-state index contributed by atoms with van der Waals surface area (Å²) in [5, 5.41) is 7.71. The molecule has 5 heteroatoms. The van der Waals surface area contributed by atoms with Crippen molar-refractivity contribution >= 4 is 5.95 Å². The Morgan fingerprint density at radius 3 is 2.25 bits per heavy atom. The first-order valence-corrected chi connectivity index (χ1v) is 8.01. The van der Waals surface area contributed by atoms with Gasteiger partial charge in [-0.3, -0.25) is 4.57 Å². The SMILES string of the molecule is CCNc1nn(C)c(=O)n1C12CC3CC(CC(C3)C1)C2. The molecule has 0 radical (unpaired) electrons. The molecule has 1 aromatic rings. The van der Waals surface area contributed by atoms with E-state index >= 15 is 0 Å². The van der Waals surface area contributed by atoms with Crippen molar-refractivity contribution in [2.24, 2.45) is 24.8 Å². The van der Waals surface area contributed by atoms with Crippen LogP contribution in [-0.4, -0.2) is 20.9 Å². The molecule has 5 nitrogen and oxygen atoms in total. The normalized spacial score (nSPS) is 38.4. The molecule has 4 fully saturated rings. The van der Waals surface area contributed by atoms with Gasteiger partial charge in [0.15, 0.2) is 0 Å². The van der Waals surface area contributed by atoms with Crippen molar-refractivity contribution in [2.75, 3.05) is 11.9 Å². The molecule has 110 valence electrons. The predicted molar refractivity (Wildman–Crippen MR) is 77.8 cm³/mol. The van der Waals surface area contributed by atoms with Crippen molar-refractivity contribution < 1.29 is 0 Å². The largest absolute Gasteiger partial charge is 0.355 e. The van der Waals surface area contributed by atoms with E-state index in [2.05, 4.69) is 17.3 Å². The second-order valence-corrected chi connectivity index (χ2v) is 7.24. The van der Waals surface area contributed by atoms with Gasteiger partial charge in [0.1, 0.15) is 0 Å². The van der Waals surface area contributed by atoms with E-state index in [-0.39, 0.29) is 11.2 Å². The van der Waals surface area contributed by atoms with E-state index in [4.69, 9.17) is 0 Å². The maximum absolute atomic E-state index is 12.6. The minimum absolute atomic E-state index is 0.0532. The number of hydrogen-bond acceptors (Lipinski definition) is 3. The van der Waals surface area contributed by atoms with E-state index in [0.717, 1.165) is 30.2 Å². The van der Waals surface area contributed by atoms with Gasteiger partial charge in [-0.05, 0) is 63.2 Å². The molecule has 0 aliphatic heterocycles. The van der Waals surface area contributed by atoms with E-state index in [9.17, 15) is 4.79 Å². The van der Waals surface area contributed by atoms with Crippen LogP contribution in [-0.2, 0) is 12.6 Å². The Kier molecular flexibility index (Phi) is 2.57. The number of aromatic nitrogens is 3. The number of aryl methyl sites for hydroxylation is 1. The van der Waals surface area contributed by atoms with Crippen molar-refractivity contribution in [2.45, 2.75) is 51.0 Å². The first kappa shape index (κ1) is 12.5. The summed E-state index contributed by atoms with van der Waals surface area (Å²) in [5.41, 5.74) is 0.111. The first-order chi connectivity index (χ1) is 9.61. The molecule has 0 saturated heterocycles. The monoisotopic (exact) mass is 276 g/mol. The minimum atomic E-state index is 0.0532. The topological polar surface area (TPSA) is 51.9 Å². The molecular weight excluding hydrogens is 252 g/mol. The van der Waals surface area contributed by atoms with Crippen LogP contribution in [0.5, 0.6) is 0 Å². The van der Waals surface area contributed by atoms with Gasteiger partial charge >= 0.3 is 5.69 Å². The van der Waals surface area contributed by atoms with Crippen LogP contribution >= 0.6 is 0 Å². The number of rotatable bonds is 3. The Hall–Kier alpha value is -1.26. The zero-order valence-corrected chi connectivity index (χ0v) is 12.4. The molecule has 0 aromatic carbocycles. The van der Waals surface area contributed by atoms with E-state index in [0.29, 0.717) is 0 Å². The van der Waals surface area contributed by atoms with Gasteiger partial charge in [-0.25, -0.2) is 9.48 Å². The molecule has 0 spiro atoms. The van der Waals surface area contributed by atoms with Crippen molar-refractivity contribution in [1.29, 1.82) is 0 Å². The maximum Gasteiger partial charge on any atom is 0.347 e. The Balaban J connectivity index is 1.82. The Morgan fingerprint density at radius 1 is 1.20 bits per heavy atom. The lowest BCUT2D eigenvalue weighted by atomic mass is 9.53. The summed E-state index contributed by atoms with van der Waals surface area (Å²) in [7, 11) is 1.76. The predicted octanol–water partition coefficient (Wildman–Crippen LogP) is 1.94. The lowest BCUT2D eigenvalue weighted by Crippen LogP contribution is -2.54. The van der Waals surface area contributed by atoms with Crippen molar-refractivity contribution in [3.63, 3.8) is 0 Å². The molecular formula is C15H24N4O. The highest BCUT2D eigenvalue weighted by Crippen LogP contribution is 2.58. The lowest BCUT2D eigenvalue weighted by molar-refractivity contribution is -0.0439. The van der Waals surface area contributed by atoms with Crippen LogP contribution in [0.15, 0.2) is 4.79 Å². The summed E-state index contributed by atoms with van der Waals surface area (Å²) in [6.07, 6.45) is 7.73. The highest BCUT2D eigenvalue weighted by atomic mass is 16.2. The summed E-state index contributed by atoms with van der Waals surface area (Å²) < 4.78 is 3.51. The molecule has 5 rings (SSSR count). The Morgan fingerprint density at radius 2 is 1.75 bits per heavy atom. The van der Waals surface area contributed by atoms with Gasteiger partial charge in [0, 0.05) is 13.6 Å². The fraction of sp³-hybridized carbons (Fsp3) is 0.867. The van der Waals surface area contributed by atoms with Crippen molar-refractivity contribution in [3.05, 3.63) is 10.5 Å². The Bertz CT molecular complexity index is 550. The fourth-order valence-electron chi connectivity index (χ4n) is 5.50. The summed E-state index contributed by atoms with van der Waals surface area (Å²) in [6, 6.07) is 0. The van der Waals surface area contributed by atoms with E-state index < -0.39 is 0 Å². The van der Waals surface area contributed by atoms with Crippen LogP contribution in [0.1, 0.15) is 45.4 Å². The molecule has 1 heterocycles. The highest BCUT2D eigenvalue weighted by Gasteiger charge is 2.53. The van der Waals surface area contributed by atoms with Crippen LogP contribution in [0.4, 0.5) is 5.95 Å². The lowest BCUT2D eigenvalue weighted by Gasteiger charge is -2.56. The molecule has 0 amide bonds. The summed E-state index contributed by atoms with van der Waals surface area (Å²) in [6.45, 7) is 2.87. The van der Waals surface area contributed by atoms with Gasteiger partial charge in [0.05, 0.1) is 5.54 Å². The van der Waals surface area contributed by atoms with Crippen LogP contribution in [0.2, 0.25) is 0 Å².